The molecule has 1 aromatic rings. The van der Waals surface area contributed by atoms with Crippen LogP contribution in [0.15, 0.2) is 6.33 Å². The number of nitrogens with one attached hydrogen (secondary N) is 1. The number of aliphatic hydroxyl groups is 1. The topological polar surface area (TPSA) is 61.8 Å². The molecular formula is C6H11N3O. The third-order valence-corrected chi connectivity index (χ3v) is 1.37. The summed E-state index contributed by atoms with van der Waals surface area (Å²) in [5, 5.41) is 15.5. The molecule has 0 aromatic carbocycles. The lowest BCUT2D eigenvalue weighted by molar-refractivity contribution is 0.168. The Bertz CT molecular complexity index is 173. The molecule has 0 saturated carbocycles. The van der Waals surface area contributed by atoms with Crippen molar-refractivity contribution in [3.63, 3.8) is 0 Å². The Morgan fingerprint density at radius 2 is 2.60 bits per heavy atom. The first-order valence-electron chi connectivity index (χ1n) is 3.35. The molecule has 0 spiro atoms. The van der Waals surface area contributed by atoms with Crippen molar-refractivity contribution >= 4 is 0 Å². The molecule has 2 N–H and O–H groups in total. The number of aromatic amines is 1. The van der Waals surface area contributed by atoms with Gasteiger partial charge in [0.2, 0.25) is 0 Å². The molecule has 0 radical (unpaired) electrons. The van der Waals surface area contributed by atoms with E-state index in [1.807, 2.05) is 6.92 Å². The predicted molar refractivity (Wildman–Crippen MR) is 36.4 cm³/mol. The molecule has 0 bridgehead atoms. The van der Waals surface area contributed by atoms with Crippen molar-refractivity contribution in [2.45, 2.75) is 25.9 Å². The summed E-state index contributed by atoms with van der Waals surface area (Å²) in [4.78, 5) is 3.88. The maximum Gasteiger partial charge on any atom is 0.137 e. The van der Waals surface area contributed by atoms with Gasteiger partial charge in [-0.2, -0.15) is 5.10 Å². The molecule has 1 unspecified atom stereocenters. The van der Waals surface area contributed by atoms with Crippen LogP contribution in [0.5, 0.6) is 0 Å². The summed E-state index contributed by atoms with van der Waals surface area (Å²) in [7, 11) is 0. The molecule has 1 atom stereocenters. The van der Waals surface area contributed by atoms with E-state index in [0.717, 1.165) is 12.2 Å². The van der Waals surface area contributed by atoms with Gasteiger partial charge >= 0.3 is 0 Å². The standard InChI is InChI=1S/C6H11N3O/c1-2-5(10)3-6-7-4-8-9-6/h4-5,10H,2-3H2,1H3,(H,7,8,9). The Hall–Kier alpha value is -0.900. The van der Waals surface area contributed by atoms with Gasteiger partial charge in [0.05, 0.1) is 6.10 Å². The zero-order valence-electron chi connectivity index (χ0n) is 5.91. The van der Waals surface area contributed by atoms with Crippen molar-refractivity contribution in [1.29, 1.82) is 0 Å². The zero-order valence-corrected chi connectivity index (χ0v) is 5.91. The minimum absolute atomic E-state index is 0.298. The van der Waals surface area contributed by atoms with Crippen LogP contribution in [-0.2, 0) is 6.42 Å². The molecule has 1 rings (SSSR count). The number of hydrogen-bond acceptors (Lipinski definition) is 3. The third kappa shape index (κ3) is 1.80. The van der Waals surface area contributed by atoms with Crippen LogP contribution in [-0.4, -0.2) is 26.4 Å². The molecule has 1 aromatic heterocycles. The Balaban J connectivity index is 2.40. The highest BCUT2D eigenvalue weighted by atomic mass is 16.3. The lowest BCUT2D eigenvalue weighted by Crippen LogP contribution is -2.09. The maximum atomic E-state index is 9.14. The Kier molecular flexibility index (Phi) is 2.39. The number of aromatic nitrogens is 3. The van der Waals surface area contributed by atoms with E-state index in [1.165, 1.54) is 6.33 Å². The maximum absolute atomic E-state index is 9.14. The second-order valence-electron chi connectivity index (χ2n) is 2.20. The van der Waals surface area contributed by atoms with Gasteiger partial charge in [0.1, 0.15) is 12.2 Å². The van der Waals surface area contributed by atoms with Crippen molar-refractivity contribution in [3.8, 4) is 0 Å². The van der Waals surface area contributed by atoms with Gasteiger partial charge in [-0.05, 0) is 6.42 Å². The first-order valence-corrected chi connectivity index (χ1v) is 3.35. The smallest absolute Gasteiger partial charge is 0.137 e. The second-order valence-corrected chi connectivity index (χ2v) is 2.20. The normalized spacial score (nSPS) is 13.4. The molecular weight excluding hydrogens is 130 g/mol. The van der Waals surface area contributed by atoms with Crippen LogP contribution in [0.2, 0.25) is 0 Å². The number of rotatable bonds is 3. The molecule has 0 aliphatic carbocycles. The van der Waals surface area contributed by atoms with Crippen LogP contribution in [0.1, 0.15) is 19.2 Å². The van der Waals surface area contributed by atoms with Crippen LogP contribution >= 0.6 is 0 Å². The molecule has 0 fully saturated rings. The summed E-state index contributed by atoms with van der Waals surface area (Å²) >= 11 is 0. The van der Waals surface area contributed by atoms with Gasteiger partial charge in [-0.15, -0.1) is 0 Å². The highest BCUT2D eigenvalue weighted by molar-refractivity contribution is 4.82. The summed E-state index contributed by atoms with van der Waals surface area (Å²) in [5.74, 6) is 0.745. The summed E-state index contributed by atoms with van der Waals surface area (Å²) in [6.45, 7) is 1.93. The molecule has 56 valence electrons. The fraction of sp³-hybridized carbons (Fsp3) is 0.667. The zero-order chi connectivity index (χ0) is 7.40. The van der Waals surface area contributed by atoms with E-state index < -0.39 is 0 Å². The quantitative estimate of drug-likeness (QED) is 0.628. The molecule has 1 heterocycles. The number of hydrogen-bond donors (Lipinski definition) is 2. The lowest BCUT2D eigenvalue weighted by Gasteiger charge is -2.02. The fourth-order valence-electron chi connectivity index (χ4n) is 0.697. The van der Waals surface area contributed by atoms with Gasteiger partial charge in [0.25, 0.3) is 0 Å². The third-order valence-electron chi connectivity index (χ3n) is 1.37. The van der Waals surface area contributed by atoms with E-state index in [2.05, 4.69) is 15.2 Å². The molecule has 4 nitrogen and oxygen atoms in total. The molecule has 10 heavy (non-hydrogen) atoms. The van der Waals surface area contributed by atoms with Crippen LogP contribution in [0, 0.1) is 0 Å². The molecule has 0 amide bonds. The minimum Gasteiger partial charge on any atom is -0.393 e. The largest absolute Gasteiger partial charge is 0.393 e. The van der Waals surface area contributed by atoms with Gasteiger partial charge in [-0.3, -0.25) is 5.10 Å². The molecule has 4 heteroatoms. The van der Waals surface area contributed by atoms with E-state index in [0.29, 0.717) is 6.42 Å². The van der Waals surface area contributed by atoms with Gasteiger partial charge < -0.3 is 5.11 Å². The monoisotopic (exact) mass is 141 g/mol. The lowest BCUT2D eigenvalue weighted by atomic mass is 10.2. The summed E-state index contributed by atoms with van der Waals surface area (Å²) in [6.07, 6.45) is 2.46. The fourth-order valence-corrected chi connectivity index (χ4v) is 0.697. The summed E-state index contributed by atoms with van der Waals surface area (Å²) in [6, 6.07) is 0. The molecule has 0 saturated heterocycles. The second kappa shape index (κ2) is 3.31. The van der Waals surface area contributed by atoms with Crippen LogP contribution in [0.25, 0.3) is 0 Å². The van der Waals surface area contributed by atoms with Crippen LogP contribution < -0.4 is 0 Å². The Labute approximate surface area is 59.3 Å². The SMILES string of the molecule is CCC(O)Cc1ncn[nH]1. The van der Waals surface area contributed by atoms with Gasteiger partial charge in [0.15, 0.2) is 0 Å². The van der Waals surface area contributed by atoms with Crippen molar-refractivity contribution in [2.24, 2.45) is 0 Å². The van der Waals surface area contributed by atoms with E-state index >= 15 is 0 Å². The first kappa shape index (κ1) is 7.21. The average molecular weight is 141 g/mol. The Morgan fingerprint density at radius 1 is 1.80 bits per heavy atom. The molecule has 0 aliphatic rings. The van der Waals surface area contributed by atoms with E-state index in [1.54, 1.807) is 0 Å². The summed E-state index contributed by atoms with van der Waals surface area (Å²) in [5.41, 5.74) is 0. The van der Waals surface area contributed by atoms with Crippen molar-refractivity contribution in [3.05, 3.63) is 12.2 Å². The van der Waals surface area contributed by atoms with E-state index in [-0.39, 0.29) is 6.10 Å². The number of aliphatic hydroxyl groups excluding tert-OH is 1. The Morgan fingerprint density at radius 3 is 3.10 bits per heavy atom. The van der Waals surface area contributed by atoms with Crippen molar-refractivity contribution in [2.75, 3.05) is 0 Å². The van der Waals surface area contributed by atoms with Crippen molar-refractivity contribution in [1.82, 2.24) is 15.2 Å². The number of H-pyrrole nitrogens is 1. The predicted octanol–water partition coefficient (Wildman–Crippen LogP) is 0.118. The van der Waals surface area contributed by atoms with E-state index in [4.69, 9.17) is 5.11 Å². The van der Waals surface area contributed by atoms with Gasteiger partial charge in [-0.25, -0.2) is 4.98 Å². The molecule has 0 aliphatic heterocycles. The highest BCUT2D eigenvalue weighted by Crippen LogP contribution is 1.97. The minimum atomic E-state index is -0.298. The van der Waals surface area contributed by atoms with Gasteiger partial charge in [-0.1, -0.05) is 6.92 Å². The van der Waals surface area contributed by atoms with Crippen LogP contribution in [0.4, 0.5) is 0 Å². The van der Waals surface area contributed by atoms with Gasteiger partial charge in [0, 0.05) is 6.42 Å². The van der Waals surface area contributed by atoms with Crippen molar-refractivity contribution < 1.29 is 5.11 Å². The first-order chi connectivity index (χ1) is 4.83. The highest BCUT2D eigenvalue weighted by Gasteiger charge is 2.03. The average Bonchev–Trinajstić information content (AvgIpc) is 2.40. The van der Waals surface area contributed by atoms with Crippen LogP contribution in [0.3, 0.4) is 0 Å². The number of nitrogens with zero attached hydrogens (tertiary/aromatic N) is 2. The summed E-state index contributed by atoms with van der Waals surface area (Å²) < 4.78 is 0. The van der Waals surface area contributed by atoms with E-state index in [9.17, 15) is 0 Å².